The summed E-state index contributed by atoms with van der Waals surface area (Å²) in [5.41, 5.74) is 2.72. The zero-order valence-electron chi connectivity index (χ0n) is 22.0. The lowest BCUT2D eigenvalue weighted by Gasteiger charge is -2.19. The van der Waals surface area contributed by atoms with E-state index in [1.165, 1.54) is 31.2 Å². The van der Waals surface area contributed by atoms with Crippen molar-refractivity contribution in [2.45, 2.75) is 38.7 Å². The molecule has 1 saturated heterocycles. The van der Waals surface area contributed by atoms with E-state index in [0.717, 1.165) is 11.1 Å². The molecule has 1 fully saturated rings. The van der Waals surface area contributed by atoms with E-state index in [-0.39, 0.29) is 24.2 Å². The molecule has 0 saturated carbocycles. The van der Waals surface area contributed by atoms with Crippen LogP contribution in [0.15, 0.2) is 60.9 Å². The van der Waals surface area contributed by atoms with Crippen LogP contribution in [0.1, 0.15) is 65.2 Å². The van der Waals surface area contributed by atoms with Crippen molar-refractivity contribution in [1.29, 1.82) is 0 Å². The number of hydrogen-bond acceptors (Lipinski definition) is 9. The quantitative estimate of drug-likeness (QED) is 0.311. The lowest BCUT2D eigenvalue weighted by Crippen LogP contribution is -2.32. The topological polar surface area (TPSA) is 119 Å². The highest BCUT2D eigenvalue weighted by molar-refractivity contribution is 6.03. The Labute approximate surface area is 225 Å². The Hall–Kier alpha value is -4.44. The molecule has 0 unspecified atom stereocenters. The van der Waals surface area contributed by atoms with Crippen LogP contribution >= 0.6 is 0 Å². The van der Waals surface area contributed by atoms with Gasteiger partial charge in [-0.15, -0.1) is 0 Å². The highest BCUT2D eigenvalue weighted by Crippen LogP contribution is 2.33. The second-order valence-corrected chi connectivity index (χ2v) is 9.16. The lowest BCUT2D eigenvalue weighted by molar-refractivity contribution is -0.0571. The van der Waals surface area contributed by atoms with Crippen molar-refractivity contribution in [3.8, 4) is 0 Å². The fourth-order valence-corrected chi connectivity index (χ4v) is 4.17. The van der Waals surface area contributed by atoms with Gasteiger partial charge in [0.25, 0.3) is 0 Å². The molecule has 0 spiro atoms. The van der Waals surface area contributed by atoms with Gasteiger partial charge in [0.15, 0.2) is 0 Å². The molecule has 0 aliphatic carbocycles. The molecule has 2 heterocycles. The normalized spacial score (nSPS) is 18.3. The molecule has 4 rings (SSSR count). The van der Waals surface area contributed by atoms with Crippen molar-refractivity contribution in [3.63, 3.8) is 0 Å². The maximum atomic E-state index is 12.9. The maximum absolute atomic E-state index is 12.9. The first-order chi connectivity index (χ1) is 18.7. The van der Waals surface area contributed by atoms with Gasteiger partial charge < -0.3 is 28.3 Å². The summed E-state index contributed by atoms with van der Waals surface area (Å²) in [5, 5.41) is 0. The Balaban J connectivity index is 1.56. The standard InChI is InChI=1S/C29H29NO9/c1-17-5-9-19(10-6-17)26(31)37-16-24-23(39-27(32)20-11-7-18(2)8-12-20)13-25(38-24)30-14-21(28(33)35-3)22(15-30)29(34)36-4/h5-12,14-15,23-25H,13,16H2,1-4H3/t23-,24+,25+/m0/s1. The molecule has 204 valence electrons. The molecule has 3 aromatic rings. The van der Waals surface area contributed by atoms with Crippen molar-refractivity contribution in [2.24, 2.45) is 0 Å². The van der Waals surface area contributed by atoms with Crippen LogP contribution in [0, 0.1) is 13.8 Å². The van der Waals surface area contributed by atoms with E-state index in [2.05, 4.69) is 0 Å². The van der Waals surface area contributed by atoms with Gasteiger partial charge in [-0.05, 0) is 38.1 Å². The first-order valence-corrected chi connectivity index (χ1v) is 12.2. The number of methoxy groups -OCH3 is 2. The molecule has 39 heavy (non-hydrogen) atoms. The predicted molar refractivity (Wildman–Crippen MR) is 137 cm³/mol. The number of carbonyl (C=O) groups excluding carboxylic acids is 4. The summed E-state index contributed by atoms with van der Waals surface area (Å²) in [4.78, 5) is 50.0. The number of ether oxygens (including phenoxy) is 5. The monoisotopic (exact) mass is 535 g/mol. The second-order valence-electron chi connectivity index (χ2n) is 9.16. The van der Waals surface area contributed by atoms with E-state index in [0.29, 0.717) is 11.1 Å². The van der Waals surface area contributed by atoms with Gasteiger partial charge in [0, 0.05) is 18.8 Å². The fraction of sp³-hybridized carbons (Fsp3) is 0.310. The van der Waals surface area contributed by atoms with Gasteiger partial charge in [0.05, 0.1) is 36.5 Å². The maximum Gasteiger partial charge on any atom is 0.340 e. The minimum Gasteiger partial charge on any atom is -0.465 e. The highest BCUT2D eigenvalue weighted by Gasteiger charge is 2.40. The summed E-state index contributed by atoms with van der Waals surface area (Å²) in [5.74, 6) is -2.55. The number of carbonyl (C=O) groups is 4. The van der Waals surface area contributed by atoms with E-state index in [1.54, 1.807) is 48.5 Å². The summed E-state index contributed by atoms with van der Waals surface area (Å²) in [7, 11) is 2.40. The van der Waals surface area contributed by atoms with Crippen LogP contribution < -0.4 is 0 Å². The zero-order chi connectivity index (χ0) is 28.1. The number of aryl methyl sites for hydroxylation is 2. The summed E-state index contributed by atoms with van der Waals surface area (Å²) >= 11 is 0. The summed E-state index contributed by atoms with van der Waals surface area (Å²) in [6, 6.07) is 13.8. The Kier molecular flexibility index (Phi) is 8.46. The van der Waals surface area contributed by atoms with Crippen molar-refractivity contribution < 1.29 is 42.9 Å². The minimum atomic E-state index is -0.815. The van der Waals surface area contributed by atoms with Crippen LogP contribution in [0.5, 0.6) is 0 Å². The summed E-state index contributed by atoms with van der Waals surface area (Å²) in [6.07, 6.45) is 0.625. The first-order valence-electron chi connectivity index (χ1n) is 12.2. The number of esters is 4. The SMILES string of the molecule is COC(=O)c1cn([C@H]2C[C@H](OC(=O)c3ccc(C)cc3)[C@@H](COC(=O)c3ccc(C)cc3)O2)cc1C(=O)OC. The van der Waals surface area contributed by atoms with Crippen molar-refractivity contribution in [1.82, 2.24) is 4.57 Å². The van der Waals surface area contributed by atoms with Crippen LogP contribution in [0.2, 0.25) is 0 Å². The Morgan fingerprint density at radius 1 is 0.769 bits per heavy atom. The van der Waals surface area contributed by atoms with Gasteiger partial charge in [-0.1, -0.05) is 35.4 Å². The molecule has 0 amide bonds. The van der Waals surface area contributed by atoms with Crippen molar-refractivity contribution in [3.05, 3.63) is 94.3 Å². The molecule has 1 aliphatic heterocycles. The van der Waals surface area contributed by atoms with Crippen LogP contribution in [0.3, 0.4) is 0 Å². The van der Waals surface area contributed by atoms with Gasteiger partial charge in [0.2, 0.25) is 0 Å². The van der Waals surface area contributed by atoms with Gasteiger partial charge in [0.1, 0.15) is 25.0 Å². The van der Waals surface area contributed by atoms with Crippen molar-refractivity contribution in [2.75, 3.05) is 20.8 Å². The average Bonchev–Trinajstić information content (AvgIpc) is 3.56. The third-order valence-corrected chi connectivity index (χ3v) is 6.38. The molecular weight excluding hydrogens is 506 g/mol. The average molecular weight is 536 g/mol. The van der Waals surface area contributed by atoms with Crippen LogP contribution in [-0.2, 0) is 23.7 Å². The second kappa shape index (κ2) is 12.0. The van der Waals surface area contributed by atoms with Crippen LogP contribution in [0.4, 0.5) is 0 Å². The van der Waals surface area contributed by atoms with E-state index < -0.39 is 42.3 Å². The molecule has 0 radical (unpaired) electrons. The van der Waals surface area contributed by atoms with Gasteiger partial charge in [-0.25, -0.2) is 19.2 Å². The number of benzene rings is 2. The number of hydrogen-bond donors (Lipinski definition) is 0. The summed E-state index contributed by atoms with van der Waals surface area (Å²) < 4.78 is 28.5. The van der Waals surface area contributed by atoms with E-state index in [9.17, 15) is 19.2 Å². The molecular formula is C29H29NO9. The highest BCUT2D eigenvalue weighted by atomic mass is 16.6. The largest absolute Gasteiger partial charge is 0.465 e. The van der Waals surface area contributed by atoms with Crippen molar-refractivity contribution >= 4 is 23.9 Å². The predicted octanol–water partition coefficient (Wildman–Crippen LogP) is 4.05. The lowest BCUT2D eigenvalue weighted by atomic mass is 10.1. The van der Waals surface area contributed by atoms with Gasteiger partial charge >= 0.3 is 23.9 Å². The third kappa shape index (κ3) is 6.35. The number of rotatable bonds is 8. The van der Waals surface area contributed by atoms with E-state index >= 15 is 0 Å². The number of nitrogens with zero attached hydrogens (tertiary/aromatic N) is 1. The molecule has 3 atom stereocenters. The smallest absolute Gasteiger partial charge is 0.340 e. The zero-order valence-corrected chi connectivity index (χ0v) is 22.0. The Morgan fingerprint density at radius 2 is 1.26 bits per heavy atom. The Morgan fingerprint density at radius 3 is 1.74 bits per heavy atom. The number of aromatic nitrogens is 1. The van der Waals surface area contributed by atoms with E-state index in [4.69, 9.17) is 23.7 Å². The molecule has 1 aromatic heterocycles. The van der Waals surface area contributed by atoms with Gasteiger partial charge in [-0.3, -0.25) is 0 Å². The van der Waals surface area contributed by atoms with Gasteiger partial charge in [-0.2, -0.15) is 0 Å². The van der Waals surface area contributed by atoms with Crippen LogP contribution in [-0.4, -0.2) is 61.5 Å². The fourth-order valence-electron chi connectivity index (χ4n) is 4.17. The van der Waals surface area contributed by atoms with E-state index in [1.807, 2.05) is 13.8 Å². The molecule has 10 heteroatoms. The molecule has 10 nitrogen and oxygen atoms in total. The molecule has 0 N–H and O–H groups in total. The molecule has 1 aliphatic rings. The summed E-state index contributed by atoms with van der Waals surface area (Å²) in [6.45, 7) is 3.63. The first kappa shape index (κ1) is 27.6. The third-order valence-electron chi connectivity index (χ3n) is 6.38. The minimum absolute atomic E-state index is 0.00426. The Bertz CT molecular complexity index is 1320. The molecule has 2 aromatic carbocycles. The van der Waals surface area contributed by atoms with Crippen LogP contribution in [0.25, 0.3) is 0 Å². The molecule has 0 bridgehead atoms.